The Balaban J connectivity index is 0.00000240. The summed E-state index contributed by atoms with van der Waals surface area (Å²) in [6, 6.07) is 14.3. The number of carbonyl (C=O) groups excluding carboxylic acids is 1. The molecule has 1 unspecified atom stereocenters. The third-order valence-electron chi connectivity index (χ3n) is 5.62. The minimum Gasteiger partial charge on any atom is -0.339 e. The van der Waals surface area contributed by atoms with E-state index in [1.54, 1.807) is 0 Å². The molecule has 1 N–H and O–H groups in total. The molecule has 1 saturated heterocycles. The van der Waals surface area contributed by atoms with Gasteiger partial charge in [0.25, 0.3) is 5.91 Å². The smallest absolute Gasteiger partial charge is 0.254 e. The van der Waals surface area contributed by atoms with Gasteiger partial charge in [-0.2, -0.15) is 4.98 Å². The van der Waals surface area contributed by atoms with E-state index in [0.29, 0.717) is 25.0 Å². The van der Waals surface area contributed by atoms with E-state index in [0.717, 1.165) is 41.4 Å². The lowest BCUT2D eigenvalue weighted by Crippen LogP contribution is -2.38. The van der Waals surface area contributed by atoms with Crippen LogP contribution in [0.15, 0.2) is 47.0 Å². The van der Waals surface area contributed by atoms with Gasteiger partial charge in [0, 0.05) is 37.0 Å². The number of nitrogens with one attached hydrogen (secondary N) is 1. The maximum Gasteiger partial charge on any atom is 0.254 e. The maximum absolute atomic E-state index is 13.1. The highest BCUT2D eigenvalue weighted by molar-refractivity contribution is 6.07. The van der Waals surface area contributed by atoms with Crippen LogP contribution in [-0.4, -0.2) is 47.1 Å². The summed E-state index contributed by atoms with van der Waals surface area (Å²) in [6.45, 7) is 3.50. The Morgan fingerprint density at radius 3 is 2.69 bits per heavy atom. The minimum atomic E-state index is 0. The first kappa shape index (κ1) is 21.3. The summed E-state index contributed by atoms with van der Waals surface area (Å²) < 4.78 is 5.50. The number of rotatable bonds is 5. The van der Waals surface area contributed by atoms with E-state index in [1.165, 1.54) is 0 Å². The quantitative estimate of drug-likeness (QED) is 0.687. The molecule has 7 heteroatoms. The highest BCUT2D eigenvalue weighted by Crippen LogP contribution is 2.29. The van der Waals surface area contributed by atoms with Crippen molar-refractivity contribution in [2.75, 3.05) is 20.1 Å². The molecule has 0 spiro atoms. The second kappa shape index (κ2) is 9.37. The highest BCUT2D eigenvalue weighted by atomic mass is 35.5. The molecule has 0 aliphatic carbocycles. The van der Waals surface area contributed by atoms with Crippen LogP contribution in [0.5, 0.6) is 0 Å². The molecule has 2 heterocycles. The Bertz CT molecular complexity index is 961. The SMILES string of the molecule is CNC(C)Cc1noc(C2CCN(C(=O)c3cccc4ccccc34)CC2)n1.Cl. The molecule has 1 amide bonds. The minimum absolute atomic E-state index is 0. The standard InChI is InChI=1S/C22H26N4O2.ClH/c1-15(23-2)14-20-24-21(28-25-20)17-10-12-26(13-11-17)22(27)19-9-5-7-16-6-3-4-8-18(16)19;/h3-9,15,17,23H,10-14H2,1-2H3;1H. The summed E-state index contributed by atoms with van der Waals surface area (Å²) in [6.07, 6.45) is 2.44. The van der Waals surface area contributed by atoms with Gasteiger partial charge < -0.3 is 14.7 Å². The Labute approximate surface area is 177 Å². The number of likely N-dealkylation sites (tertiary alicyclic amines) is 1. The highest BCUT2D eigenvalue weighted by Gasteiger charge is 2.28. The van der Waals surface area contributed by atoms with Gasteiger partial charge in [-0.25, -0.2) is 0 Å². The van der Waals surface area contributed by atoms with E-state index >= 15 is 0 Å². The number of likely N-dealkylation sites (N-methyl/N-ethyl adjacent to an activating group) is 1. The van der Waals surface area contributed by atoms with Crippen molar-refractivity contribution in [3.05, 3.63) is 59.7 Å². The van der Waals surface area contributed by atoms with Crippen molar-refractivity contribution in [2.45, 2.75) is 38.1 Å². The van der Waals surface area contributed by atoms with Crippen molar-refractivity contribution in [1.29, 1.82) is 0 Å². The molecular formula is C22H27ClN4O2. The van der Waals surface area contributed by atoms with Gasteiger partial charge in [0.15, 0.2) is 5.82 Å². The molecule has 3 aromatic rings. The zero-order valence-electron chi connectivity index (χ0n) is 16.8. The Hall–Kier alpha value is -2.44. The molecule has 29 heavy (non-hydrogen) atoms. The lowest BCUT2D eigenvalue weighted by atomic mass is 9.95. The van der Waals surface area contributed by atoms with Crippen molar-refractivity contribution >= 4 is 29.1 Å². The topological polar surface area (TPSA) is 71.3 Å². The van der Waals surface area contributed by atoms with Gasteiger partial charge in [-0.1, -0.05) is 41.6 Å². The number of aromatic nitrogens is 2. The monoisotopic (exact) mass is 414 g/mol. The Morgan fingerprint density at radius 2 is 1.93 bits per heavy atom. The fourth-order valence-corrected chi connectivity index (χ4v) is 3.80. The number of carbonyl (C=O) groups is 1. The predicted octanol–water partition coefficient (Wildman–Crippen LogP) is 3.81. The van der Waals surface area contributed by atoms with Crippen LogP contribution < -0.4 is 5.32 Å². The average Bonchev–Trinajstić information content (AvgIpc) is 3.21. The van der Waals surface area contributed by atoms with Gasteiger partial charge in [0.2, 0.25) is 5.89 Å². The molecule has 0 radical (unpaired) electrons. The van der Waals surface area contributed by atoms with Gasteiger partial charge in [0.05, 0.1) is 0 Å². The molecule has 0 saturated carbocycles. The zero-order chi connectivity index (χ0) is 19.5. The fourth-order valence-electron chi connectivity index (χ4n) is 3.80. The summed E-state index contributed by atoms with van der Waals surface area (Å²) in [5.41, 5.74) is 0.776. The van der Waals surface area contributed by atoms with E-state index < -0.39 is 0 Å². The van der Waals surface area contributed by atoms with Gasteiger partial charge in [-0.3, -0.25) is 4.79 Å². The van der Waals surface area contributed by atoms with Crippen molar-refractivity contribution in [2.24, 2.45) is 0 Å². The van der Waals surface area contributed by atoms with Crippen LogP contribution in [-0.2, 0) is 6.42 Å². The number of hydrogen-bond donors (Lipinski definition) is 1. The second-order valence-electron chi connectivity index (χ2n) is 7.54. The van der Waals surface area contributed by atoms with Crippen LogP contribution in [0.1, 0.15) is 47.8 Å². The fraction of sp³-hybridized carbons (Fsp3) is 0.409. The average molecular weight is 415 g/mol. The number of nitrogens with zero attached hydrogens (tertiary/aromatic N) is 3. The molecule has 2 aromatic carbocycles. The van der Waals surface area contributed by atoms with Crippen LogP contribution in [0, 0.1) is 0 Å². The molecule has 154 valence electrons. The van der Waals surface area contributed by atoms with E-state index in [9.17, 15) is 4.79 Å². The Morgan fingerprint density at radius 1 is 1.21 bits per heavy atom. The second-order valence-corrected chi connectivity index (χ2v) is 7.54. The summed E-state index contributed by atoms with van der Waals surface area (Å²) in [5, 5.41) is 9.40. The number of benzene rings is 2. The zero-order valence-corrected chi connectivity index (χ0v) is 17.6. The van der Waals surface area contributed by atoms with Gasteiger partial charge in [0.1, 0.15) is 0 Å². The molecule has 1 atom stereocenters. The first-order valence-corrected chi connectivity index (χ1v) is 9.92. The number of amides is 1. The third kappa shape index (κ3) is 4.60. The molecule has 1 aromatic heterocycles. The maximum atomic E-state index is 13.1. The normalized spacial score (nSPS) is 15.9. The summed E-state index contributed by atoms with van der Waals surface area (Å²) in [7, 11) is 1.92. The predicted molar refractivity (Wildman–Crippen MR) is 116 cm³/mol. The number of halogens is 1. The summed E-state index contributed by atoms with van der Waals surface area (Å²) in [5.74, 6) is 1.77. The number of piperidine rings is 1. The van der Waals surface area contributed by atoms with Crippen molar-refractivity contribution in [3.63, 3.8) is 0 Å². The molecule has 1 aliphatic heterocycles. The van der Waals surface area contributed by atoms with Gasteiger partial charge >= 0.3 is 0 Å². The van der Waals surface area contributed by atoms with E-state index in [4.69, 9.17) is 4.52 Å². The summed E-state index contributed by atoms with van der Waals surface area (Å²) in [4.78, 5) is 19.6. The molecule has 1 aliphatic rings. The lowest BCUT2D eigenvalue weighted by molar-refractivity contribution is 0.0706. The van der Waals surface area contributed by atoms with Gasteiger partial charge in [-0.05, 0) is 43.7 Å². The van der Waals surface area contributed by atoms with Crippen LogP contribution in [0.25, 0.3) is 10.8 Å². The Kier molecular flexibility index (Phi) is 6.87. The molecule has 1 fully saturated rings. The molecular weight excluding hydrogens is 388 g/mol. The van der Waals surface area contributed by atoms with Crippen LogP contribution in [0.4, 0.5) is 0 Å². The molecule has 0 bridgehead atoms. The van der Waals surface area contributed by atoms with E-state index in [2.05, 4.69) is 22.4 Å². The first-order valence-electron chi connectivity index (χ1n) is 9.92. The van der Waals surface area contributed by atoms with Crippen molar-refractivity contribution in [1.82, 2.24) is 20.4 Å². The first-order chi connectivity index (χ1) is 13.7. The van der Waals surface area contributed by atoms with Crippen LogP contribution in [0.3, 0.4) is 0 Å². The molecule has 6 nitrogen and oxygen atoms in total. The molecule has 4 rings (SSSR count). The van der Waals surface area contributed by atoms with Crippen LogP contribution in [0.2, 0.25) is 0 Å². The lowest BCUT2D eigenvalue weighted by Gasteiger charge is -2.30. The summed E-state index contributed by atoms with van der Waals surface area (Å²) >= 11 is 0. The van der Waals surface area contributed by atoms with Gasteiger partial charge in [-0.15, -0.1) is 12.4 Å². The number of fused-ring (bicyclic) bond motifs is 1. The number of hydrogen-bond acceptors (Lipinski definition) is 5. The van der Waals surface area contributed by atoms with E-state index in [-0.39, 0.29) is 24.2 Å². The van der Waals surface area contributed by atoms with Crippen molar-refractivity contribution < 1.29 is 9.32 Å². The van der Waals surface area contributed by atoms with E-state index in [1.807, 2.05) is 54.4 Å². The van der Waals surface area contributed by atoms with Crippen molar-refractivity contribution in [3.8, 4) is 0 Å². The third-order valence-corrected chi connectivity index (χ3v) is 5.62. The largest absolute Gasteiger partial charge is 0.339 e. The van der Waals surface area contributed by atoms with Crippen LogP contribution >= 0.6 is 12.4 Å².